The van der Waals surface area contributed by atoms with E-state index in [1.165, 1.54) is 6.20 Å². The summed E-state index contributed by atoms with van der Waals surface area (Å²) in [5.74, 6) is 0. The van der Waals surface area contributed by atoms with Gasteiger partial charge in [-0.25, -0.2) is 13.1 Å². The standard InChI is InChI=1S/C13H23N5O2S/c1-14-12-4-5-15-9-13(12)21(19,20)16-8-11-10-17(2)6-7-18(11)3/h4-5,9,11,16H,6-8,10H2,1-3H3,(H,14,15). The molecule has 2 rings (SSSR count). The second-order valence-electron chi connectivity index (χ2n) is 5.37. The van der Waals surface area contributed by atoms with Crippen molar-refractivity contribution in [2.45, 2.75) is 10.9 Å². The summed E-state index contributed by atoms with van der Waals surface area (Å²) in [6.07, 6.45) is 2.93. The first-order valence-electron chi connectivity index (χ1n) is 6.94. The van der Waals surface area contributed by atoms with Gasteiger partial charge in [-0.05, 0) is 20.2 Å². The number of nitrogens with one attached hydrogen (secondary N) is 2. The van der Waals surface area contributed by atoms with E-state index in [1.807, 2.05) is 7.05 Å². The van der Waals surface area contributed by atoms with Gasteiger partial charge >= 0.3 is 0 Å². The average Bonchev–Trinajstić information content (AvgIpc) is 2.48. The van der Waals surface area contributed by atoms with E-state index in [4.69, 9.17) is 0 Å². The largest absolute Gasteiger partial charge is 0.387 e. The number of sulfonamides is 1. The molecule has 0 aliphatic carbocycles. The van der Waals surface area contributed by atoms with Crippen molar-refractivity contribution in [3.05, 3.63) is 18.5 Å². The van der Waals surface area contributed by atoms with Crippen LogP contribution in [0.1, 0.15) is 0 Å². The summed E-state index contributed by atoms with van der Waals surface area (Å²) in [4.78, 5) is 8.48. The van der Waals surface area contributed by atoms with Crippen molar-refractivity contribution >= 4 is 15.7 Å². The molecular formula is C13H23N5O2S. The Morgan fingerprint density at radius 3 is 2.86 bits per heavy atom. The fourth-order valence-corrected chi connectivity index (χ4v) is 3.63. The highest BCUT2D eigenvalue weighted by Crippen LogP contribution is 2.18. The molecule has 1 aromatic heterocycles. The highest BCUT2D eigenvalue weighted by atomic mass is 32.2. The topological polar surface area (TPSA) is 77.6 Å². The monoisotopic (exact) mass is 313 g/mol. The fourth-order valence-electron chi connectivity index (χ4n) is 2.41. The second kappa shape index (κ2) is 6.69. The van der Waals surface area contributed by atoms with E-state index in [0.29, 0.717) is 12.2 Å². The van der Waals surface area contributed by atoms with Crippen LogP contribution in [0.2, 0.25) is 0 Å². The van der Waals surface area contributed by atoms with Gasteiger partial charge in [0.1, 0.15) is 4.90 Å². The fraction of sp³-hybridized carbons (Fsp3) is 0.615. The average molecular weight is 313 g/mol. The molecule has 2 N–H and O–H groups in total. The van der Waals surface area contributed by atoms with Gasteiger partial charge in [0, 0.05) is 51.7 Å². The van der Waals surface area contributed by atoms with Gasteiger partial charge in [0.15, 0.2) is 0 Å². The summed E-state index contributed by atoms with van der Waals surface area (Å²) in [6, 6.07) is 1.82. The molecule has 1 atom stereocenters. The number of anilines is 1. The van der Waals surface area contributed by atoms with Gasteiger partial charge in [-0.3, -0.25) is 9.88 Å². The van der Waals surface area contributed by atoms with Gasteiger partial charge in [0.2, 0.25) is 10.0 Å². The quantitative estimate of drug-likeness (QED) is 0.773. The molecule has 21 heavy (non-hydrogen) atoms. The van der Waals surface area contributed by atoms with E-state index in [-0.39, 0.29) is 10.9 Å². The molecule has 1 aromatic rings. The molecule has 1 aliphatic rings. The van der Waals surface area contributed by atoms with Gasteiger partial charge < -0.3 is 10.2 Å². The van der Waals surface area contributed by atoms with Crippen LogP contribution in [-0.4, -0.2) is 76.6 Å². The molecule has 8 heteroatoms. The molecule has 1 aliphatic heterocycles. The van der Waals surface area contributed by atoms with Crippen molar-refractivity contribution in [1.29, 1.82) is 0 Å². The summed E-state index contributed by atoms with van der Waals surface area (Å²) in [6.45, 7) is 3.19. The minimum absolute atomic E-state index is 0.174. The number of nitrogens with zero attached hydrogens (tertiary/aromatic N) is 3. The molecule has 1 saturated heterocycles. The lowest BCUT2D eigenvalue weighted by molar-refractivity contribution is 0.117. The van der Waals surface area contributed by atoms with Crippen LogP contribution in [0.3, 0.4) is 0 Å². The maximum Gasteiger partial charge on any atom is 0.244 e. The maximum atomic E-state index is 12.4. The van der Waals surface area contributed by atoms with Gasteiger partial charge in [0.05, 0.1) is 5.69 Å². The highest BCUT2D eigenvalue weighted by Gasteiger charge is 2.25. The summed E-state index contributed by atoms with van der Waals surface area (Å²) < 4.78 is 27.5. The molecule has 0 aromatic carbocycles. The Morgan fingerprint density at radius 1 is 1.38 bits per heavy atom. The molecule has 0 radical (unpaired) electrons. The van der Waals surface area contributed by atoms with Crippen LogP contribution in [0.15, 0.2) is 23.4 Å². The Balaban J connectivity index is 2.07. The van der Waals surface area contributed by atoms with E-state index in [2.05, 4.69) is 31.9 Å². The van der Waals surface area contributed by atoms with Crippen molar-refractivity contribution in [2.75, 3.05) is 52.6 Å². The maximum absolute atomic E-state index is 12.4. The van der Waals surface area contributed by atoms with Crippen molar-refractivity contribution < 1.29 is 8.42 Å². The van der Waals surface area contributed by atoms with Gasteiger partial charge in [-0.2, -0.15) is 0 Å². The minimum atomic E-state index is -3.56. The Kier molecular flexibility index (Phi) is 5.15. The lowest BCUT2D eigenvalue weighted by Crippen LogP contribution is -2.54. The molecule has 0 bridgehead atoms. The Morgan fingerprint density at radius 2 is 2.14 bits per heavy atom. The van der Waals surface area contributed by atoms with Crippen LogP contribution >= 0.6 is 0 Å². The molecule has 0 amide bonds. The van der Waals surface area contributed by atoms with Gasteiger partial charge in [-0.15, -0.1) is 0 Å². The van der Waals surface area contributed by atoms with E-state index >= 15 is 0 Å². The Bertz CT molecular complexity index is 578. The van der Waals surface area contributed by atoms with E-state index in [1.54, 1.807) is 19.3 Å². The number of aromatic nitrogens is 1. The van der Waals surface area contributed by atoms with Gasteiger partial charge in [-0.1, -0.05) is 0 Å². The van der Waals surface area contributed by atoms with Crippen LogP contribution in [0.25, 0.3) is 0 Å². The van der Waals surface area contributed by atoms with Crippen molar-refractivity contribution in [1.82, 2.24) is 19.5 Å². The first-order valence-corrected chi connectivity index (χ1v) is 8.42. The van der Waals surface area contributed by atoms with E-state index in [0.717, 1.165) is 19.6 Å². The van der Waals surface area contributed by atoms with Crippen molar-refractivity contribution in [3.8, 4) is 0 Å². The van der Waals surface area contributed by atoms with Crippen LogP contribution in [0, 0.1) is 0 Å². The first kappa shape index (κ1) is 16.2. The third-order valence-electron chi connectivity index (χ3n) is 3.83. The number of pyridine rings is 1. The van der Waals surface area contributed by atoms with E-state index < -0.39 is 10.0 Å². The number of piperazine rings is 1. The predicted molar refractivity (Wildman–Crippen MR) is 82.9 cm³/mol. The molecule has 1 unspecified atom stereocenters. The number of hydrogen-bond donors (Lipinski definition) is 2. The molecule has 0 spiro atoms. The third-order valence-corrected chi connectivity index (χ3v) is 5.28. The van der Waals surface area contributed by atoms with Crippen molar-refractivity contribution in [3.63, 3.8) is 0 Å². The number of rotatable bonds is 5. The van der Waals surface area contributed by atoms with Crippen LogP contribution in [0.4, 0.5) is 5.69 Å². The number of likely N-dealkylation sites (N-methyl/N-ethyl adjacent to an activating group) is 2. The summed E-state index contributed by atoms with van der Waals surface area (Å²) in [5, 5.41) is 2.88. The zero-order valence-corrected chi connectivity index (χ0v) is 13.5. The molecule has 0 saturated carbocycles. The third kappa shape index (κ3) is 3.91. The first-order chi connectivity index (χ1) is 9.94. The normalized spacial score (nSPS) is 21.4. The second-order valence-corrected chi connectivity index (χ2v) is 7.11. The molecule has 2 heterocycles. The smallest absolute Gasteiger partial charge is 0.244 e. The zero-order chi connectivity index (χ0) is 15.5. The zero-order valence-electron chi connectivity index (χ0n) is 12.7. The Hall–Kier alpha value is -1.22. The molecule has 7 nitrogen and oxygen atoms in total. The molecule has 118 valence electrons. The van der Waals surface area contributed by atoms with Crippen LogP contribution < -0.4 is 10.0 Å². The van der Waals surface area contributed by atoms with E-state index in [9.17, 15) is 8.42 Å². The minimum Gasteiger partial charge on any atom is -0.387 e. The van der Waals surface area contributed by atoms with Gasteiger partial charge in [0.25, 0.3) is 0 Å². The van der Waals surface area contributed by atoms with Crippen molar-refractivity contribution in [2.24, 2.45) is 0 Å². The molecular weight excluding hydrogens is 290 g/mol. The SMILES string of the molecule is CNc1ccncc1S(=O)(=O)NCC1CN(C)CCN1C. The van der Waals surface area contributed by atoms with Crippen LogP contribution in [-0.2, 0) is 10.0 Å². The lowest BCUT2D eigenvalue weighted by Gasteiger charge is -2.37. The summed E-state index contributed by atoms with van der Waals surface area (Å²) in [7, 11) is 2.20. The highest BCUT2D eigenvalue weighted by molar-refractivity contribution is 7.89. The number of hydrogen-bond acceptors (Lipinski definition) is 6. The molecule has 1 fully saturated rings. The predicted octanol–water partition coefficient (Wildman–Crippen LogP) is -0.353. The van der Waals surface area contributed by atoms with Crippen LogP contribution in [0.5, 0.6) is 0 Å². The lowest BCUT2D eigenvalue weighted by atomic mass is 10.2. The summed E-state index contributed by atoms with van der Waals surface area (Å²) >= 11 is 0. The summed E-state index contributed by atoms with van der Waals surface area (Å²) in [5.41, 5.74) is 0.548. The Labute approximate surface area is 126 Å².